The van der Waals surface area contributed by atoms with E-state index in [9.17, 15) is 9.59 Å². The summed E-state index contributed by atoms with van der Waals surface area (Å²) in [5.74, 6) is -0.993. The molecule has 0 aliphatic rings. The first kappa shape index (κ1) is 14.7. The highest BCUT2D eigenvalue weighted by molar-refractivity contribution is 7.07. The Morgan fingerprint density at radius 2 is 2.06 bits per heavy atom. The predicted molar refractivity (Wildman–Crippen MR) is 71.7 cm³/mol. The molecule has 5 heteroatoms. The molecule has 0 fully saturated rings. The molecule has 1 heterocycles. The van der Waals surface area contributed by atoms with Crippen molar-refractivity contribution in [1.29, 1.82) is 0 Å². The number of nitrogens with one attached hydrogen (secondary N) is 1. The Hall–Kier alpha value is -1.36. The van der Waals surface area contributed by atoms with Crippen molar-refractivity contribution in [3.63, 3.8) is 0 Å². The van der Waals surface area contributed by atoms with Crippen LogP contribution in [0.1, 0.15) is 38.7 Å². The highest BCUT2D eigenvalue weighted by Crippen LogP contribution is 2.20. The monoisotopic (exact) mass is 269 g/mol. The van der Waals surface area contributed by atoms with Gasteiger partial charge in [0.2, 0.25) is 5.91 Å². The van der Waals surface area contributed by atoms with Crippen LogP contribution in [0.4, 0.5) is 0 Å². The molecule has 0 bridgehead atoms. The summed E-state index contributed by atoms with van der Waals surface area (Å²) in [4.78, 5) is 22.8. The Morgan fingerprint density at radius 1 is 1.39 bits per heavy atom. The maximum Gasteiger partial charge on any atom is 0.305 e. The van der Waals surface area contributed by atoms with Crippen molar-refractivity contribution < 1.29 is 14.7 Å². The molecule has 2 N–H and O–H groups in total. The maximum atomic E-state index is 11.9. The van der Waals surface area contributed by atoms with Gasteiger partial charge in [0.05, 0.1) is 12.8 Å². The average molecular weight is 269 g/mol. The quantitative estimate of drug-likeness (QED) is 0.799. The number of hydrogen-bond acceptors (Lipinski definition) is 3. The predicted octanol–water partition coefficient (Wildman–Crippen LogP) is 2.44. The van der Waals surface area contributed by atoms with Crippen LogP contribution in [0.25, 0.3) is 0 Å². The molecule has 18 heavy (non-hydrogen) atoms. The normalized spacial score (nSPS) is 11.2. The van der Waals surface area contributed by atoms with Crippen LogP contribution in [0, 0.1) is 0 Å². The van der Waals surface area contributed by atoms with Crippen molar-refractivity contribution in [3.8, 4) is 0 Å². The molecule has 1 rings (SSSR count). The van der Waals surface area contributed by atoms with Gasteiger partial charge in [-0.1, -0.05) is 13.8 Å². The molecule has 1 amide bonds. The van der Waals surface area contributed by atoms with E-state index in [0.717, 1.165) is 5.56 Å². The summed E-state index contributed by atoms with van der Waals surface area (Å²) in [5.41, 5.74) is 0.341. The lowest BCUT2D eigenvalue weighted by molar-refractivity contribution is -0.139. The Morgan fingerprint density at radius 3 is 2.50 bits per heavy atom. The summed E-state index contributed by atoms with van der Waals surface area (Å²) >= 11 is 1.55. The molecule has 0 aromatic carbocycles. The molecule has 0 unspecified atom stereocenters. The Kier molecular flexibility index (Phi) is 5.34. The van der Waals surface area contributed by atoms with Gasteiger partial charge in [-0.15, -0.1) is 0 Å². The van der Waals surface area contributed by atoms with E-state index in [1.54, 1.807) is 11.3 Å². The molecular formula is C13H19NO3S. The van der Waals surface area contributed by atoms with Gasteiger partial charge in [-0.25, -0.2) is 0 Å². The van der Waals surface area contributed by atoms with Crippen LogP contribution in [-0.4, -0.2) is 22.5 Å². The molecule has 1 aromatic rings. The van der Waals surface area contributed by atoms with Gasteiger partial charge in [0.25, 0.3) is 0 Å². The van der Waals surface area contributed by atoms with E-state index in [1.165, 1.54) is 0 Å². The van der Waals surface area contributed by atoms with Crippen LogP contribution < -0.4 is 5.32 Å². The summed E-state index contributed by atoms with van der Waals surface area (Å²) < 4.78 is 0. The summed E-state index contributed by atoms with van der Waals surface area (Å²) in [5, 5.41) is 15.7. The minimum absolute atomic E-state index is 0.0324. The molecule has 0 aliphatic heterocycles. The lowest BCUT2D eigenvalue weighted by Crippen LogP contribution is -2.49. The number of aliphatic carboxylic acids is 1. The van der Waals surface area contributed by atoms with E-state index in [1.807, 2.05) is 30.7 Å². The summed E-state index contributed by atoms with van der Waals surface area (Å²) in [6.07, 6.45) is 1.51. The van der Waals surface area contributed by atoms with Gasteiger partial charge in [-0.05, 0) is 35.2 Å². The second-order valence-electron chi connectivity index (χ2n) is 4.41. The number of carboxylic acids is 1. The van der Waals surface area contributed by atoms with Gasteiger partial charge < -0.3 is 10.4 Å². The standard InChI is InChI=1S/C13H19NO3S/c1-3-13(4-2,8-12(16)17)14-11(15)7-10-5-6-18-9-10/h5-6,9H,3-4,7-8H2,1-2H3,(H,14,15)(H,16,17). The zero-order valence-electron chi connectivity index (χ0n) is 10.7. The van der Waals surface area contributed by atoms with Crippen molar-refractivity contribution in [1.82, 2.24) is 5.32 Å². The van der Waals surface area contributed by atoms with Gasteiger partial charge in [-0.3, -0.25) is 9.59 Å². The fourth-order valence-electron chi connectivity index (χ4n) is 1.93. The minimum Gasteiger partial charge on any atom is -0.481 e. The summed E-state index contributed by atoms with van der Waals surface area (Å²) in [6.45, 7) is 3.80. The first-order valence-electron chi connectivity index (χ1n) is 6.05. The SMILES string of the molecule is CCC(CC)(CC(=O)O)NC(=O)Cc1ccsc1. The van der Waals surface area contributed by atoms with Crippen molar-refractivity contribution in [2.75, 3.05) is 0 Å². The van der Waals surface area contributed by atoms with Crippen LogP contribution in [0.2, 0.25) is 0 Å². The van der Waals surface area contributed by atoms with Crippen LogP contribution in [0.15, 0.2) is 16.8 Å². The molecule has 100 valence electrons. The van der Waals surface area contributed by atoms with E-state index in [0.29, 0.717) is 19.3 Å². The molecular weight excluding hydrogens is 250 g/mol. The van der Waals surface area contributed by atoms with Gasteiger partial charge >= 0.3 is 5.97 Å². The zero-order valence-corrected chi connectivity index (χ0v) is 11.5. The molecule has 0 saturated heterocycles. The highest BCUT2D eigenvalue weighted by atomic mass is 32.1. The van der Waals surface area contributed by atoms with Crippen LogP contribution in [-0.2, 0) is 16.0 Å². The second-order valence-corrected chi connectivity index (χ2v) is 5.19. The number of thiophene rings is 1. The molecule has 4 nitrogen and oxygen atoms in total. The van der Waals surface area contributed by atoms with Gasteiger partial charge in [0, 0.05) is 5.54 Å². The molecule has 0 saturated carbocycles. The van der Waals surface area contributed by atoms with Crippen LogP contribution in [0.5, 0.6) is 0 Å². The number of carboxylic acid groups (broad SMARTS) is 1. The largest absolute Gasteiger partial charge is 0.481 e. The number of carbonyl (C=O) groups excluding carboxylic acids is 1. The lowest BCUT2D eigenvalue weighted by atomic mass is 9.88. The molecule has 1 aromatic heterocycles. The van der Waals surface area contributed by atoms with Crippen molar-refractivity contribution in [3.05, 3.63) is 22.4 Å². The molecule has 0 aliphatic carbocycles. The summed E-state index contributed by atoms with van der Waals surface area (Å²) in [7, 11) is 0. The van der Waals surface area contributed by atoms with E-state index in [4.69, 9.17) is 5.11 Å². The zero-order chi connectivity index (χ0) is 13.6. The topological polar surface area (TPSA) is 66.4 Å². The highest BCUT2D eigenvalue weighted by Gasteiger charge is 2.30. The van der Waals surface area contributed by atoms with Gasteiger partial charge in [-0.2, -0.15) is 11.3 Å². The lowest BCUT2D eigenvalue weighted by Gasteiger charge is -2.31. The van der Waals surface area contributed by atoms with E-state index in [2.05, 4.69) is 5.32 Å². The molecule has 0 atom stereocenters. The van der Waals surface area contributed by atoms with E-state index < -0.39 is 11.5 Å². The number of carbonyl (C=O) groups is 2. The third kappa shape index (κ3) is 4.14. The first-order chi connectivity index (χ1) is 8.51. The van der Waals surface area contributed by atoms with Crippen molar-refractivity contribution in [2.45, 2.75) is 45.1 Å². The smallest absolute Gasteiger partial charge is 0.305 e. The summed E-state index contributed by atoms with van der Waals surface area (Å²) in [6, 6.07) is 1.90. The third-order valence-electron chi connectivity index (χ3n) is 3.19. The van der Waals surface area contributed by atoms with Crippen LogP contribution in [0.3, 0.4) is 0 Å². The number of rotatable bonds is 7. The van der Waals surface area contributed by atoms with E-state index in [-0.39, 0.29) is 12.3 Å². The van der Waals surface area contributed by atoms with E-state index >= 15 is 0 Å². The Bertz CT molecular complexity index is 396. The molecule has 0 spiro atoms. The van der Waals surface area contributed by atoms with Crippen molar-refractivity contribution in [2.24, 2.45) is 0 Å². The number of amides is 1. The van der Waals surface area contributed by atoms with Crippen LogP contribution >= 0.6 is 11.3 Å². The second kappa shape index (κ2) is 6.54. The maximum absolute atomic E-state index is 11.9. The fourth-order valence-corrected chi connectivity index (χ4v) is 2.60. The number of hydrogen-bond donors (Lipinski definition) is 2. The fraction of sp³-hybridized carbons (Fsp3) is 0.538. The minimum atomic E-state index is -0.880. The molecule has 0 radical (unpaired) electrons. The van der Waals surface area contributed by atoms with Gasteiger partial charge in [0.1, 0.15) is 0 Å². The average Bonchev–Trinajstić information content (AvgIpc) is 2.80. The Labute approximate surface area is 111 Å². The Balaban J connectivity index is 2.65. The van der Waals surface area contributed by atoms with Gasteiger partial charge in [0.15, 0.2) is 0 Å². The van der Waals surface area contributed by atoms with Crippen molar-refractivity contribution >= 4 is 23.2 Å². The third-order valence-corrected chi connectivity index (χ3v) is 3.92. The first-order valence-corrected chi connectivity index (χ1v) is 6.99.